The number of nitrogens with zero attached hydrogens (tertiary/aromatic N) is 4. The van der Waals surface area contributed by atoms with E-state index in [1.165, 1.54) is 12.8 Å². The Morgan fingerprint density at radius 2 is 1.81 bits per heavy atom. The topological polar surface area (TPSA) is 95.7 Å². The van der Waals surface area contributed by atoms with Gasteiger partial charge in [-0.3, -0.25) is 24.3 Å². The van der Waals surface area contributed by atoms with Gasteiger partial charge in [0, 0.05) is 55.7 Å². The molecule has 2 fully saturated rings. The van der Waals surface area contributed by atoms with Crippen LogP contribution in [0.25, 0.3) is 0 Å². The molecule has 0 unspecified atom stereocenters. The minimum atomic E-state index is -0.250. The number of aromatic nitrogens is 2. The van der Waals surface area contributed by atoms with Crippen LogP contribution in [0.15, 0.2) is 41.5 Å². The van der Waals surface area contributed by atoms with Crippen LogP contribution < -0.4 is 5.56 Å². The normalized spacial score (nSPS) is 21.9. The number of amides is 1. The van der Waals surface area contributed by atoms with Gasteiger partial charge in [-0.1, -0.05) is 6.07 Å². The van der Waals surface area contributed by atoms with E-state index in [0.717, 1.165) is 56.0 Å². The lowest BCUT2D eigenvalue weighted by Crippen LogP contribution is -2.50. The first-order chi connectivity index (χ1) is 15.6. The summed E-state index contributed by atoms with van der Waals surface area (Å²) in [5.41, 5.74) is 3.21. The van der Waals surface area contributed by atoms with Crippen LogP contribution in [-0.4, -0.2) is 63.0 Å². The van der Waals surface area contributed by atoms with Gasteiger partial charge in [-0.25, -0.2) is 0 Å². The number of piperidine rings is 1. The average Bonchev–Trinajstić information content (AvgIpc) is 3.30. The molecule has 8 heteroatoms. The summed E-state index contributed by atoms with van der Waals surface area (Å²) >= 11 is 0. The van der Waals surface area contributed by atoms with Gasteiger partial charge in [-0.15, -0.1) is 0 Å². The molecular formula is C24H30N4O4. The Labute approximate surface area is 187 Å². The maximum atomic E-state index is 13.1. The van der Waals surface area contributed by atoms with E-state index in [1.54, 1.807) is 12.4 Å². The zero-order valence-corrected chi connectivity index (χ0v) is 18.2. The molecule has 0 aliphatic carbocycles. The summed E-state index contributed by atoms with van der Waals surface area (Å²) in [7, 11) is 0. The highest BCUT2D eigenvalue weighted by molar-refractivity contribution is 5.79. The van der Waals surface area contributed by atoms with Gasteiger partial charge in [0.2, 0.25) is 5.91 Å². The third kappa shape index (κ3) is 4.91. The summed E-state index contributed by atoms with van der Waals surface area (Å²) in [4.78, 5) is 42.8. The van der Waals surface area contributed by atoms with E-state index in [9.17, 15) is 9.59 Å². The van der Waals surface area contributed by atoms with Gasteiger partial charge in [-0.05, 0) is 62.0 Å². The van der Waals surface area contributed by atoms with Crippen molar-refractivity contribution < 1.29 is 14.7 Å². The Morgan fingerprint density at radius 1 is 1.09 bits per heavy atom. The standard InChI is InChI=1S/C23H28N4O2.CH2O2/c28-22(12-17-5-7-24-8-6-17)26-13-18-11-20(16-26)21-4-3-19(23(29)27(21)14-18)15-25-9-1-2-10-25;2-1-3/h3-8,18,20H,1-2,9-16H2;1H,(H,2,3)/t18-,20+;/m0./s1. The molecule has 2 aromatic rings. The van der Waals surface area contributed by atoms with Gasteiger partial charge in [0.05, 0.1) is 6.42 Å². The number of likely N-dealkylation sites (tertiary alicyclic amines) is 2. The number of carboxylic acid groups (broad SMARTS) is 1. The Morgan fingerprint density at radius 3 is 2.53 bits per heavy atom. The summed E-state index contributed by atoms with van der Waals surface area (Å²) in [6, 6.07) is 7.98. The van der Waals surface area contributed by atoms with E-state index in [4.69, 9.17) is 9.90 Å². The Bertz CT molecular complexity index is 1000. The van der Waals surface area contributed by atoms with Gasteiger partial charge < -0.3 is 14.6 Å². The summed E-state index contributed by atoms with van der Waals surface area (Å²) in [5.74, 6) is 0.798. The van der Waals surface area contributed by atoms with Gasteiger partial charge in [0.25, 0.3) is 12.0 Å². The first-order valence-electron chi connectivity index (χ1n) is 11.3. The van der Waals surface area contributed by atoms with Gasteiger partial charge >= 0.3 is 0 Å². The van der Waals surface area contributed by atoms with Crippen LogP contribution >= 0.6 is 0 Å². The maximum absolute atomic E-state index is 13.1. The highest BCUT2D eigenvalue weighted by atomic mass is 16.3. The molecule has 0 saturated carbocycles. The molecule has 2 saturated heterocycles. The highest BCUT2D eigenvalue weighted by Gasteiger charge is 2.36. The van der Waals surface area contributed by atoms with Crippen LogP contribution in [0.3, 0.4) is 0 Å². The van der Waals surface area contributed by atoms with E-state index in [1.807, 2.05) is 27.7 Å². The molecule has 32 heavy (non-hydrogen) atoms. The molecule has 3 aliphatic rings. The molecule has 1 N–H and O–H groups in total. The quantitative estimate of drug-likeness (QED) is 0.731. The molecule has 5 rings (SSSR count). The second kappa shape index (κ2) is 10.1. The largest absolute Gasteiger partial charge is 0.483 e. The molecule has 2 bridgehead atoms. The molecule has 0 aromatic carbocycles. The zero-order valence-electron chi connectivity index (χ0n) is 18.2. The first-order valence-corrected chi connectivity index (χ1v) is 11.3. The van der Waals surface area contributed by atoms with E-state index >= 15 is 0 Å². The van der Waals surface area contributed by atoms with Crippen LogP contribution in [0.2, 0.25) is 0 Å². The fraction of sp³-hybridized carbons (Fsp3) is 0.500. The van der Waals surface area contributed by atoms with Gasteiger partial charge in [-0.2, -0.15) is 0 Å². The number of carbonyl (C=O) groups is 2. The second-order valence-corrected chi connectivity index (χ2v) is 8.92. The van der Waals surface area contributed by atoms with Crippen molar-refractivity contribution in [3.8, 4) is 0 Å². The molecule has 2 aromatic heterocycles. The van der Waals surface area contributed by atoms with E-state index in [2.05, 4.69) is 16.0 Å². The fourth-order valence-corrected chi connectivity index (χ4v) is 5.28. The summed E-state index contributed by atoms with van der Waals surface area (Å²) in [5, 5.41) is 6.89. The van der Waals surface area contributed by atoms with Gasteiger partial charge in [0.15, 0.2) is 0 Å². The van der Waals surface area contributed by atoms with Crippen molar-refractivity contribution in [2.75, 3.05) is 26.2 Å². The molecule has 3 aliphatic heterocycles. The molecule has 2 atom stereocenters. The van der Waals surface area contributed by atoms with Crippen molar-refractivity contribution >= 4 is 12.4 Å². The van der Waals surface area contributed by atoms with Gasteiger partial charge in [0.1, 0.15) is 0 Å². The van der Waals surface area contributed by atoms with E-state index in [0.29, 0.717) is 18.9 Å². The Kier molecular flexibility index (Phi) is 6.99. The van der Waals surface area contributed by atoms with Crippen molar-refractivity contribution in [2.24, 2.45) is 5.92 Å². The average molecular weight is 439 g/mol. The summed E-state index contributed by atoms with van der Waals surface area (Å²) in [6.45, 7) is 4.92. The third-order valence-electron chi connectivity index (χ3n) is 6.73. The molecule has 170 valence electrons. The fourth-order valence-electron chi connectivity index (χ4n) is 5.28. The zero-order chi connectivity index (χ0) is 22.5. The van der Waals surface area contributed by atoms with Crippen LogP contribution in [-0.2, 0) is 29.1 Å². The van der Waals surface area contributed by atoms with E-state index in [-0.39, 0.29) is 23.9 Å². The molecular weight excluding hydrogens is 408 g/mol. The van der Waals surface area contributed by atoms with Crippen molar-refractivity contribution in [3.05, 3.63) is 63.8 Å². The Hall–Kier alpha value is -3.00. The van der Waals surface area contributed by atoms with Crippen LogP contribution in [0.4, 0.5) is 0 Å². The third-order valence-corrected chi connectivity index (χ3v) is 6.73. The highest BCUT2D eigenvalue weighted by Crippen LogP contribution is 2.35. The van der Waals surface area contributed by atoms with Crippen molar-refractivity contribution in [3.63, 3.8) is 0 Å². The SMILES string of the molecule is O=C(Cc1ccncc1)N1C[C@@H]2C[C@H](C1)c1ccc(CN3CCCC3)c(=O)n1C2.O=CO. The van der Waals surface area contributed by atoms with Crippen LogP contribution in [0.1, 0.15) is 42.0 Å². The number of fused-ring (bicyclic) bond motifs is 4. The number of hydrogen-bond donors (Lipinski definition) is 1. The predicted octanol–water partition coefficient (Wildman–Crippen LogP) is 1.73. The lowest BCUT2D eigenvalue weighted by molar-refractivity contribution is -0.133. The van der Waals surface area contributed by atoms with Crippen molar-refractivity contribution in [1.29, 1.82) is 0 Å². The lowest BCUT2D eigenvalue weighted by atomic mass is 9.82. The second-order valence-electron chi connectivity index (χ2n) is 8.92. The van der Waals surface area contributed by atoms with Crippen LogP contribution in [0, 0.1) is 5.92 Å². The summed E-state index contributed by atoms with van der Waals surface area (Å²) < 4.78 is 2.01. The number of pyridine rings is 2. The maximum Gasteiger partial charge on any atom is 0.290 e. The number of rotatable bonds is 4. The molecule has 1 amide bonds. The molecule has 5 heterocycles. The predicted molar refractivity (Wildman–Crippen MR) is 119 cm³/mol. The number of hydrogen-bond acceptors (Lipinski definition) is 5. The van der Waals surface area contributed by atoms with E-state index < -0.39 is 0 Å². The lowest BCUT2D eigenvalue weighted by Gasteiger charge is -2.43. The minimum Gasteiger partial charge on any atom is -0.483 e. The summed E-state index contributed by atoms with van der Waals surface area (Å²) in [6.07, 6.45) is 7.43. The molecule has 0 radical (unpaired) electrons. The Balaban J connectivity index is 0.000000775. The van der Waals surface area contributed by atoms with Crippen molar-refractivity contribution in [1.82, 2.24) is 19.4 Å². The smallest absolute Gasteiger partial charge is 0.290 e. The first kappa shape index (κ1) is 22.2. The van der Waals surface area contributed by atoms with Crippen LogP contribution in [0.5, 0.6) is 0 Å². The molecule has 0 spiro atoms. The minimum absolute atomic E-state index is 0.173. The van der Waals surface area contributed by atoms with Crippen molar-refractivity contribution in [2.45, 2.75) is 44.7 Å². The molecule has 8 nitrogen and oxygen atoms in total. The number of carbonyl (C=O) groups excluding carboxylic acids is 1. The monoisotopic (exact) mass is 438 g/mol.